The fourth-order valence-electron chi connectivity index (χ4n) is 1.90. The van der Waals surface area contributed by atoms with Crippen LogP contribution >= 0.6 is 0 Å². The average Bonchev–Trinajstić information content (AvgIpc) is 2.43. The van der Waals surface area contributed by atoms with Crippen molar-refractivity contribution in [1.29, 1.82) is 0 Å². The van der Waals surface area contributed by atoms with Crippen LogP contribution in [-0.2, 0) is 4.79 Å². The number of ether oxygens (including phenoxy) is 1. The predicted molar refractivity (Wildman–Crippen MR) is 77.3 cm³/mol. The lowest BCUT2D eigenvalue weighted by Gasteiger charge is -2.25. The highest BCUT2D eigenvalue weighted by Gasteiger charge is 2.26. The van der Waals surface area contributed by atoms with Gasteiger partial charge in [-0.3, -0.25) is 4.79 Å². The maximum Gasteiger partial charge on any atom is 0.387 e. The van der Waals surface area contributed by atoms with E-state index in [0.717, 1.165) is 5.56 Å². The van der Waals surface area contributed by atoms with E-state index in [1.54, 1.807) is 19.2 Å². The van der Waals surface area contributed by atoms with Crippen LogP contribution in [0.1, 0.15) is 32.4 Å². The SMILES string of the molecule is CNC(=O)C(C)(C)CNC(C)c1cccc(OC(F)F)c1. The van der Waals surface area contributed by atoms with Gasteiger partial charge in [-0.25, -0.2) is 0 Å². The van der Waals surface area contributed by atoms with E-state index in [-0.39, 0.29) is 17.7 Å². The van der Waals surface area contributed by atoms with Gasteiger partial charge in [0.15, 0.2) is 0 Å². The fraction of sp³-hybridized carbons (Fsp3) is 0.533. The second-order valence-corrected chi connectivity index (χ2v) is 5.52. The Kier molecular flexibility index (Phi) is 6.08. The van der Waals surface area contributed by atoms with Gasteiger partial charge in [0.2, 0.25) is 5.91 Å². The van der Waals surface area contributed by atoms with E-state index in [4.69, 9.17) is 0 Å². The molecule has 0 fully saturated rings. The second kappa shape index (κ2) is 7.36. The minimum Gasteiger partial charge on any atom is -0.435 e. The normalized spacial score (nSPS) is 13.1. The number of benzene rings is 1. The van der Waals surface area contributed by atoms with Gasteiger partial charge in [0, 0.05) is 19.6 Å². The predicted octanol–water partition coefficient (Wildman–Crippen LogP) is 2.71. The van der Waals surface area contributed by atoms with Gasteiger partial charge in [-0.1, -0.05) is 12.1 Å². The minimum absolute atomic E-state index is 0.0583. The van der Waals surface area contributed by atoms with Crippen molar-refractivity contribution in [3.05, 3.63) is 29.8 Å². The highest BCUT2D eigenvalue weighted by atomic mass is 19.3. The fourth-order valence-corrected chi connectivity index (χ4v) is 1.90. The zero-order valence-electron chi connectivity index (χ0n) is 12.7. The molecule has 6 heteroatoms. The maximum atomic E-state index is 12.2. The van der Waals surface area contributed by atoms with Crippen LogP contribution in [0.4, 0.5) is 8.78 Å². The second-order valence-electron chi connectivity index (χ2n) is 5.52. The number of carbonyl (C=O) groups is 1. The number of nitrogens with one attached hydrogen (secondary N) is 2. The van der Waals surface area contributed by atoms with Crippen molar-refractivity contribution in [2.75, 3.05) is 13.6 Å². The van der Waals surface area contributed by atoms with Crippen molar-refractivity contribution < 1.29 is 18.3 Å². The van der Waals surface area contributed by atoms with Crippen LogP contribution in [-0.4, -0.2) is 26.1 Å². The van der Waals surface area contributed by atoms with Crippen LogP contribution in [0, 0.1) is 5.41 Å². The molecule has 1 rings (SSSR count). The molecule has 0 aliphatic carbocycles. The quantitative estimate of drug-likeness (QED) is 0.814. The number of amides is 1. The first-order valence-corrected chi connectivity index (χ1v) is 6.76. The van der Waals surface area contributed by atoms with Gasteiger partial charge in [-0.2, -0.15) is 8.78 Å². The molecule has 4 nitrogen and oxygen atoms in total. The largest absolute Gasteiger partial charge is 0.435 e. The number of rotatable bonds is 7. The minimum atomic E-state index is -2.84. The summed E-state index contributed by atoms with van der Waals surface area (Å²) in [4.78, 5) is 11.7. The monoisotopic (exact) mass is 300 g/mol. The molecule has 1 amide bonds. The van der Waals surface area contributed by atoms with E-state index in [9.17, 15) is 13.6 Å². The number of hydrogen-bond donors (Lipinski definition) is 2. The summed E-state index contributed by atoms with van der Waals surface area (Å²) >= 11 is 0. The third-order valence-electron chi connectivity index (χ3n) is 3.28. The van der Waals surface area contributed by atoms with E-state index in [0.29, 0.717) is 6.54 Å². The zero-order valence-corrected chi connectivity index (χ0v) is 12.7. The lowest BCUT2D eigenvalue weighted by molar-refractivity contribution is -0.128. The van der Waals surface area contributed by atoms with Crippen molar-refractivity contribution >= 4 is 5.91 Å². The summed E-state index contributed by atoms with van der Waals surface area (Å²) in [5.41, 5.74) is 0.265. The Hall–Kier alpha value is -1.69. The lowest BCUT2D eigenvalue weighted by atomic mass is 9.91. The summed E-state index contributed by atoms with van der Waals surface area (Å²) < 4.78 is 28.8. The Morgan fingerprint density at radius 2 is 2.05 bits per heavy atom. The van der Waals surface area contributed by atoms with Crippen LogP contribution < -0.4 is 15.4 Å². The Bertz CT molecular complexity index is 478. The summed E-state index contributed by atoms with van der Waals surface area (Å²) in [5, 5.41) is 5.85. The number of alkyl halides is 2. The zero-order chi connectivity index (χ0) is 16.0. The molecule has 21 heavy (non-hydrogen) atoms. The third kappa shape index (κ3) is 5.30. The molecule has 0 saturated heterocycles. The smallest absolute Gasteiger partial charge is 0.387 e. The first kappa shape index (κ1) is 17.4. The van der Waals surface area contributed by atoms with Crippen molar-refractivity contribution in [2.24, 2.45) is 5.41 Å². The van der Waals surface area contributed by atoms with Gasteiger partial charge < -0.3 is 15.4 Å². The van der Waals surface area contributed by atoms with Crippen LogP contribution in [0.25, 0.3) is 0 Å². The number of carbonyl (C=O) groups excluding carboxylic acids is 1. The van der Waals surface area contributed by atoms with Crippen molar-refractivity contribution in [2.45, 2.75) is 33.4 Å². The molecule has 1 unspecified atom stereocenters. The summed E-state index contributed by atoms with van der Waals surface area (Å²) in [5.74, 6) is 0.0682. The van der Waals surface area contributed by atoms with E-state index < -0.39 is 12.0 Å². The molecule has 118 valence electrons. The van der Waals surface area contributed by atoms with Crippen LogP contribution in [0.3, 0.4) is 0 Å². The van der Waals surface area contributed by atoms with Crippen molar-refractivity contribution in [1.82, 2.24) is 10.6 Å². The van der Waals surface area contributed by atoms with Crippen LogP contribution in [0.5, 0.6) is 5.75 Å². The van der Waals surface area contributed by atoms with Crippen molar-refractivity contribution in [3.8, 4) is 5.75 Å². The first-order valence-electron chi connectivity index (χ1n) is 6.76. The van der Waals surface area contributed by atoms with Gasteiger partial charge in [0.1, 0.15) is 5.75 Å². The summed E-state index contributed by atoms with van der Waals surface area (Å²) in [6, 6.07) is 6.45. The van der Waals surface area contributed by atoms with E-state index in [1.807, 2.05) is 26.8 Å². The highest BCUT2D eigenvalue weighted by molar-refractivity contribution is 5.81. The molecule has 0 spiro atoms. The van der Waals surface area contributed by atoms with Gasteiger partial charge in [0.05, 0.1) is 5.41 Å². The Balaban J connectivity index is 2.67. The molecular formula is C15H22F2N2O2. The van der Waals surface area contributed by atoms with Gasteiger partial charge >= 0.3 is 6.61 Å². The van der Waals surface area contributed by atoms with E-state index >= 15 is 0 Å². The Morgan fingerprint density at radius 3 is 2.62 bits per heavy atom. The van der Waals surface area contributed by atoms with Crippen LogP contribution in [0.15, 0.2) is 24.3 Å². The molecule has 1 aromatic carbocycles. The molecule has 0 aliphatic rings. The first-order chi connectivity index (χ1) is 9.76. The highest BCUT2D eigenvalue weighted by Crippen LogP contribution is 2.22. The molecule has 0 saturated carbocycles. The molecule has 0 bridgehead atoms. The van der Waals surface area contributed by atoms with E-state index in [1.165, 1.54) is 6.07 Å². The number of halogens is 2. The standard InChI is InChI=1S/C15H22F2N2O2/c1-10(19-9-15(2,3)13(20)18-4)11-6-5-7-12(8-11)21-14(16)17/h5-8,10,14,19H,9H2,1-4H3,(H,18,20). The van der Waals surface area contributed by atoms with Crippen molar-refractivity contribution in [3.63, 3.8) is 0 Å². The van der Waals surface area contributed by atoms with Gasteiger partial charge in [-0.15, -0.1) is 0 Å². The molecule has 0 radical (unpaired) electrons. The van der Waals surface area contributed by atoms with Gasteiger partial charge in [0.25, 0.3) is 0 Å². The topological polar surface area (TPSA) is 50.4 Å². The summed E-state index contributed by atoms with van der Waals surface area (Å²) in [6.45, 7) is 3.20. The molecule has 0 aromatic heterocycles. The molecule has 0 heterocycles. The average molecular weight is 300 g/mol. The molecule has 0 aliphatic heterocycles. The molecule has 1 aromatic rings. The number of hydrogen-bond acceptors (Lipinski definition) is 3. The maximum absolute atomic E-state index is 12.2. The van der Waals surface area contributed by atoms with E-state index in [2.05, 4.69) is 15.4 Å². The lowest BCUT2D eigenvalue weighted by Crippen LogP contribution is -2.42. The summed E-state index contributed by atoms with van der Waals surface area (Å²) in [7, 11) is 1.60. The summed E-state index contributed by atoms with van der Waals surface area (Å²) in [6.07, 6.45) is 0. The Labute approximate surface area is 123 Å². The molecular weight excluding hydrogens is 278 g/mol. The van der Waals surface area contributed by atoms with Gasteiger partial charge in [-0.05, 0) is 38.5 Å². The molecule has 1 atom stereocenters. The van der Waals surface area contributed by atoms with Crippen LogP contribution in [0.2, 0.25) is 0 Å². The third-order valence-corrected chi connectivity index (χ3v) is 3.28. The Morgan fingerprint density at radius 1 is 1.38 bits per heavy atom. The molecule has 2 N–H and O–H groups in total.